The number of benzene rings is 2. The van der Waals surface area contributed by atoms with Crippen molar-refractivity contribution in [2.24, 2.45) is 0 Å². The first-order valence-corrected chi connectivity index (χ1v) is 13.6. The van der Waals surface area contributed by atoms with Crippen LogP contribution in [-0.4, -0.2) is 52.1 Å². The van der Waals surface area contributed by atoms with Crippen molar-refractivity contribution in [3.05, 3.63) is 84.8 Å². The zero-order valence-corrected chi connectivity index (χ0v) is 21.8. The summed E-state index contributed by atoms with van der Waals surface area (Å²) in [6.07, 6.45) is 4.49. The number of rotatable bonds is 5. The maximum Gasteiger partial charge on any atom is 0.327 e. The first-order valence-electron chi connectivity index (χ1n) is 12.8. The predicted molar refractivity (Wildman–Crippen MR) is 147 cm³/mol. The van der Waals surface area contributed by atoms with Gasteiger partial charge in [0.25, 0.3) is 0 Å². The first kappa shape index (κ1) is 25.1. The number of hydrogen-bond acceptors (Lipinski definition) is 5. The Morgan fingerprint density at radius 2 is 1.95 bits per heavy atom. The van der Waals surface area contributed by atoms with Gasteiger partial charge in [0.05, 0.1) is 17.4 Å². The highest BCUT2D eigenvalue weighted by Crippen LogP contribution is 2.50. The molecule has 0 saturated carbocycles. The van der Waals surface area contributed by atoms with Crippen LogP contribution >= 0.6 is 11.8 Å². The maximum absolute atomic E-state index is 13.8. The molecule has 0 spiro atoms. The summed E-state index contributed by atoms with van der Waals surface area (Å²) >= 11 is 1.33. The molecule has 3 aliphatic rings. The standard InChI is InChI=1S/C29H26FN5O3S/c1-2-23(36)34-13-5-9-20(16-34)32-27(37)26-25-24-22(11-12-31-28(24)39-26)35(29(38)33-25)21-10-4-7-18(15-21)17-6-3-8-19(30)14-17/h2-4,6-8,10-12,14-15,20,25-26H,1,5,9,13,16H2,(H,32,37)(H,33,38)/t20?,25?,26-/m1/s1. The fourth-order valence-electron chi connectivity index (χ4n) is 5.48. The van der Waals surface area contributed by atoms with Crippen molar-refractivity contribution < 1.29 is 18.8 Å². The van der Waals surface area contributed by atoms with Gasteiger partial charge in [-0.05, 0) is 60.4 Å². The minimum absolute atomic E-state index is 0.147. The van der Waals surface area contributed by atoms with Crippen LogP contribution in [0.2, 0.25) is 0 Å². The van der Waals surface area contributed by atoms with Crippen LogP contribution in [0.5, 0.6) is 0 Å². The Balaban J connectivity index is 1.26. The van der Waals surface area contributed by atoms with Gasteiger partial charge in [-0.1, -0.05) is 42.6 Å². The molecule has 3 aliphatic heterocycles. The molecular formula is C29H26FN5O3S. The van der Waals surface area contributed by atoms with E-state index in [1.165, 1.54) is 30.0 Å². The van der Waals surface area contributed by atoms with E-state index in [4.69, 9.17) is 0 Å². The molecular weight excluding hydrogens is 517 g/mol. The van der Waals surface area contributed by atoms with E-state index >= 15 is 0 Å². The molecule has 6 rings (SSSR count). The van der Waals surface area contributed by atoms with Gasteiger partial charge in [-0.2, -0.15) is 0 Å². The normalized spacial score (nSPS) is 21.7. The number of halogens is 1. The van der Waals surface area contributed by atoms with Crippen LogP contribution in [-0.2, 0) is 9.59 Å². The number of likely N-dealkylation sites (tertiary alicyclic amines) is 1. The summed E-state index contributed by atoms with van der Waals surface area (Å²) in [4.78, 5) is 46.8. The van der Waals surface area contributed by atoms with Crippen molar-refractivity contribution in [2.75, 3.05) is 18.0 Å². The number of hydrogen-bond donors (Lipinski definition) is 2. The van der Waals surface area contributed by atoms with Crippen molar-refractivity contribution in [3.63, 3.8) is 0 Å². The molecule has 2 unspecified atom stereocenters. The van der Waals surface area contributed by atoms with E-state index in [0.29, 0.717) is 35.1 Å². The SMILES string of the molecule is C=CC(=O)N1CCCC(NC(=O)[C@@H]2Sc3nccc4c3C2NC(=O)N4c2cccc(-c3cccc(F)c3)c2)C1. The predicted octanol–water partition coefficient (Wildman–Crippen LogP) is 4.56. The zero-order valence-electron chi connectivity index (χ0n) is 21.0. The fraction of sp³-hybridized carbons (Fsp3) is 0.241. The highest BCUT2D eigenvalue weighted by atomic mass is 32.2. The van der Waals surface area contributed by atoms with Gasteiger partial charge < -0.3 is 15.5 Å². The summed E-state index contributed by atoms with van der Waals surface area (Å²) in [5, 5.41) is 6.21. The Labute approximate surface area is 229 Å². The number of aromatic nitrogens is 1. The highest BCUT2D eigenvalue weighted by molar-refractivity contribution is 8.01. The lowest BCUT2D eigenvalue weighted by molar-refractivity contribution is -0.129. The van der Waals surface area contributed by atoms with Crippen LogP contribution in [0.15, 0.2) is 78.5 Å². The van der Waals surface area contributed by atoms with Crippen LogP contribution in [0.25, 0.3) is 11.1 Å². The van der Waals surface area contributed by atoms with E-state index in [9.17, 15) is 18.8 Å². The molecule has 0 bridgehead atoms. The lowest BCUT2D eigenvalue weighted by Gasteiger charge is -2.35. The average molecular weight is 544 g/mol. The number of nitrogens with zero attached hydrogens (tertiary/aromatic N) is 3. The van der Waals surface area contributed by atoms with Crippen LogP contribution in [0.1, 0.15) is 24.4 Å². The van der Waals surface area contributed by atoms with Crippen molar-refractivity contribution >= 4 is 41.0 Å². The molecule has 1 fully saturated rings. The Kier molecular flexibility index (Phi) is 6.56. The Morgan fingerprint density at radius 1 is 1.15 bits per heavy atom. The van der Waals surface area contributed by atoms with Crippen LogP contribution in [0.3, 0.4) is 0 Å². The van der Waals surface area contributed by atoms with Gasteiger partial charge in [-0.3, -0.25) is 14.5 Å². The number of nitrogens with one attached hydrogen (secondary N) is 2. The molecule has 0 radical (unpaired) electrons. The van der Waals surface area contributed by atoms with Crippen LogP contribution < -0.4 is 15.5 Å². The number of amides is 4. The quantitative estimate of drug-likeness (QED) is 0.461. The topological polar surface area (TPSA) is 94.6 Å². The Hall–Kier alpha value is -4.18. The number of thioether (sulfide) groups is 1. The molecule has 2 aromatic carbocycles. The number of pyridine rings is 1. The molecule has 3 atom stereocenters. The van der Waals surface area contributed by atoms with Gasteiger partial charge in [0.2, 0.25) is 11.8 Å². The summed E-state index contributed by atoms with van der Waals surface area (Å²) in [6, 6.07) is 14.4. The second kappa shape index (κ2) is 10.2. The van der Waals surface area contributed by atoms with E-state index < -0.39 is 11.3 Å². The van der Waals surface area contributed by atoms with Gasteiger partial charge in [0.1, 0.15) is 16.1 Å². The van der Waals surface area contributed by atoms with Gasteiger partial charge in [0, 0.05) is 30.9 Å². The van der Waals surface area contributed by atoms with Crippen molar-refractivity contribution in [1.82, 2.24) is 20.5 Å². The van der Waals surface area contributed by atoms with Crippen LogP contribution in [0.4, 0.5) is 20.6 Å². The van der Waals surface area contributed by atoms with Crippen LogP contribution in [0, 0.1) is 5.82 Å². The van der Waals surface area contributed by atoms with Gasteiger partial charge in [-0.15, -0.1) is 0 Å². The van der Waals surface area contributed by atoms with Gasteiger partial charge >= 0.3 is 6.03 Å². The van der Waals surface area contributed by atoms with E-state index in [0.717, 1.165) is 24.0 Å². The molecule has 3 aromatic rings. The number of piperidine rings is 1. The van der Waals surface area contributed by atoms with E-state index in [2.05, 4.69) is 22.2 Å². The highest BCUT2D eigenvalue weighted by Gasteiger charge is 2.47. The fourth-order valence-corrected chi connectivity index (χ4v) is 6.72. The minimum Gasteiger partial charge on any atom is -0.351 e. The smallest absolute Gasteiger partial charge is 0.327 e. The third kappa shape index (κ3) is 4.65. The largest absolute Gasteiger partial charge is 0.351 e. The van der Waals surface area contributed by atoms with Crippen molar-refractivity contribution in [3.8, 4) is 11.1 Å². The third-order valence-electron chi connectivity index (χ3n) is 7.28. The average Bonchev–Trinajstić information content (AvgIpc) is 3.32. The monoisotopic (exact) mass is 543 g/mol. The summed E-state index contributed by atoms with van der Waals surface area (Å²) < 4.78 is 13.8. The first-order chi connectivity index (χ1) is 18.9. The second-order valence-electron chi connectivity index (χ2n) is 9.75. The number of carbonyl (C=O) groups is 3. The van der Waals surface area contributed by atoms with E-state index in [1.807, 2.05) is 30.3 Å². The zero-order chi connectivity index (χ0) is 27.1. The summed E-state index contributed by atoms with van der Waals surface area (Å²) in [7, 11) is 0. The Morgan fingerprint density at radius 3 is 2.74 bits per heavy atom. The lowest BCUT2D eigenvalue weighted by Crippen LogP contribution is -2.53. The molecule has 2 N–H and O–H groups in total. The second-order valence-corrected chi connectivity index (χ2v) is 10.9. The molecule has 4 amide bonds. The molecule has 39 heavy (non-hydrogen) atoms. The number of urea groups is 1. The molecule has 4 heterocycles. The molecule has 1 saturated heterocycles. The lowest BCUT2D eigenvalue weighted by atomic mass is 9.98. The number of anilines is 2. The molecule has 198 valence electrons. The summed E-state index contributed by atoms with van der Waals surface area (Å²) in [5.74, 6) is -0.682. The van der Waals surface area contributed by atoms with E-state index in [-0.39, 0.29) is 29.7 Å². The van der Waals surface area contributed by atoms with Crippen molar-refractivity contribution in [2.45, 2.75) is 35.2 Å². The molecule has 10 heteroatoms. The minimum atomic E-state index is -0.594. The van der Waals surface area contributed by atoms with E-state index in [1.54, 1.807) is 28.1 Å². The van der Waals surface area contributed by atoms with Gasteiger partial charge in [0.15, 0.2) is 0 Å². The molecule has 8 nitrogen and oxygen atoms in total. The van der Waals surface area contributed by atoms with Gasteiger partial charge in [-0.25, -0.2) is 14.2 Å². The maximum atomic E-state index is 13.8. The molecule has 0 aliphatic carbocycles. The Bertz CT molecular complexity index is 1500. The molecule has 1 aromatic heterocycles. The third-order valence-corrected chi connectivity index (χ3v) is 8.57. The number of carbonyl (C=O) groups excluding carboxylic acids is 3. The summed E-state index contributed by atoms with van der Waals surface area (Å²) in [6.45, 7) is 4.62. The summed E-state index contributed by atoms with van der Waals surface area (Å²) in [5.41, 5.74) is 3.55. The van der Waals surface area contributed by atoms with Crippen molar-refractivity contribution in [1.29, 1.82) is 0 Å².